The maximum absolute atomic E-state index is 13.1. The lowest BCUT2D eigenvalue weighted by Gasteiger charge is -2.38. The van der Waals surface area contributed by atoms with Gasteiger partial charge in [-0.2, -0.15) is 0 Å². The summed E-state index contributed by atoms with van der Waals surface area (Å²) in [6.07, 6.45) is 6.28. The Morgan fingerprint density at radius 3 is 2.44 bits per heavy atom. The zero-order valence-electron chi connectivity index (χ0n) is 20.1. The van der Waals surface area contributed by atoms with Crippen molar-refractivity contribution in [3.63, 3.8) is 0 Å². The van der Waals surface area contributed by atoms with Gasteiger partial charge in [0.05, 0.1) is 5.56 Å². The first-order chi connectivity index (χ1) is 16.4. The Labute approximate surface area is 201 Å². The van der Waals surface area contributed by atoms with Crippen molar-refractivity contribution in [3.05, 3.63) is 88.5 Å². The number of carbonyl (C=O) groups is 1. The van der Waals surface area contributed by atoms with Gasteiger partial charge in [-0.3, -0.25) is 0 Å². The van der Waals surface area contributed by atoms with Crippen molar-refractivity contribution in [1.82, 2.24) is 0 Å². The van der Waals surface area contributed by atoms with Crippen LogP contribution in [-0.2, 0) is 15.8 Å². The van der Waals surface area contributed by atoms with E-state index in [1.807, 2.05) is 30.3 Å². The quantitative estimate of drug-likeness (QED) is 0.414. The summed E-state index contributed by atoms with van der Waals surface area (Å²) in [5, 5.41) is 3.70. The fraction of sp³-hybridized carbons (Fsp3) is 0.367. The second-order valence-electron chi connectivity index (χ2n) is 10.9. The fourth-order valence-corrected chi connectivity index (χ4v) is 5.71. The molecule has 1 fully saturated rings. The molecule has 4 nitrogen and oxygen atoms in total. The molecule has 0 bridgehead atoms. The molecule has 0 amide bonds. The average molecular weight is 454 g/mol. The van der Waals surface area contributed by atoms with Crippen LogP contribution in [0.25, 0.3) is 0 Å². The largest absolute Gasteiger partial charge is 0.456 e. The lowest BCUT2D eigenvalue weighted by Crippen LogP contribution is -2.33. The lowest BCUT2D eigenvalue weighted by molar-refractivity contribution is 0.0224. The second-order valence-corrected chi connectivity index (χ2v) is 10.9. The van der Waals surface area contributed by atoms with E-state index in [1.165, 1.54) is 37.7 Å². The number of hydrogen-bond acceptors (Lipinski definition) is 4. The summed E-state index contributed by atoms with van der Waals surface area (Å²) in [5.41, 5.74) is 4.42. The molecule has 34 heavy (non-hydrogen) atoms. The molecule has 2 heterocycles. The highest BCUT2D eigenvalue weighted by Gasteiger charge is 2.53. The van der Waals surface area contributed by atoms with Crippen LogP contribution >= 0.6 is 0 Å². The highest BCUT2D eigenvalue weighted by atomic mass is 16.6. The first kappa shape index (κ1) is 21.3. The van der Waals surface area contributed by atoms with Gasteiger partial charge in [-0.05, 0) is 54.2 Å². The third-order valence-electron chi connectivity index (χ3n) is 7.55. The van der Waals surface area contributed by atoms with Crippen molar-refractivity contribution in [2.75, 3.05) is 5.32 Å². The van der Waals surface area contributed by atoms with Gasteiger partial charge >= 0.3 is 5.97 Å². The minimum atomic E-state index is -1.01. The standard InChI is InChI=1S/C30H31NO3/c1-29(2,3)19-13-16-26-25(17-19)30(23-12-8-7-11-22(23)28(32)34-30)24-15-14-21(18-27(24)33-26)31-20-9-5-4-6-10-20/h7-8,11-18,20,31H,4-6,9-10H2,1-3H3. The summed E-state index contributed by atoms with van der Waals surface area (Å²) in [6, 6.07) is 20.8. The number of fused-ring (bicyclic) bond motifs is 6. The number of ether oxygens (including phenoxy) is 2. The third-order valence-corrected chi connectivity index (χ3v) is 7.55. The van der Waals surface area contributed by atoms with Crippen molar-refractivity contribution in [1.29, 1.82) is 0 Å². The van der Waals surface area contributed by atoms with Gasteiger partial charge in [-0.1, -0.05) is 64.3 Å². The monoisotopic (exact) mass is 453 g/mol. The maximum atomic E-state index is 13.1. The molecule has 3 aliphatic rings. The first-order valence-corrected chi connectivity index (χ1v) is 12.4. The highest BCUT2D eigenvalue weighted by Crippen LogP contribution is 2.57. The summed E-state index contributed by atoms with van der Waals surface area (Å²) in [6.45, 7) is 6.57. The molecule has 0 radical (unpaired) electrons. The van der Waals surface area contributed by atoms with Gasteiger partial charge in [-0.15, -0.1) is 0 Å². The molecule has 6 rings (SSSR count). The lowest BCUT2D eigenvalue weighted by atomic mass is 9.75. The van der Waals surface area contributed by atoms with Crippen LogP contribution in [0.1, 0.15) is 85.5 Å². The zero-order valence-corrected chi connectivity index (χ0v) is 20.1. The molecule has 1 atom stereocenters. The number of carbonyl (C=O) groups excluding carboxylic acids is 1. The highest BCUT2D eigenvalue weighted by molar-refractivity contribution is 5.97. The van der Waals surface area contributed by atoms with Gasteiger partial charge in [0.2, 0.25) is 0 Å². The predicted octanol–water partition coefficient (Wildman–Crippen LogP) is 7.30. The molecule has 174 valence electrons. The van der Waals surface area contributed by atoms with E-state index in [-0.39, 0.29) is 11.4 Å². The van der Waals surface area contributed by atoms with Crippen LogP contribution in [0.3, 0.4) is 0 Å². The van der Waals surface area contributed by atoms with Crippen molar-refractivity contribution in [2.45, 2.75) is 69.9 Å². The Kier molecular flexibility index (Phi) is 4.77. The van der Waals surface area contributed by atoms with Crippen molar-refractivity contribution in [2.24, 2.45) is 0 Å². The summed E-state index contributed by atoms with van der Waals surface area (Å²) < 4.78 is 12.8. The Balaban J connectivity index is 1.53. The average Bonchev–Trinajstić information content (AvgIpc) is 3.12. The van der Waals surface area contributed by atoms with E-state index in [0.717, 1.165) is 33.9 Å². The molecule has 4 heteroatoms. The first-order valence-electron chi connectivity index (χ1n) is 12.4. The van der Waals surface area contributed by atoms with E-state index in [0.29, 0.717) is 11.6 Å². The van der Waals surface area contributed by atoms with Crippen LogP contribution < -0.4 is 10.1 Å². The summed E-state index contributed by atoms with van der Waals surface area (Å²) in [5.74, 6) is 1.18. The number of esters is 1. The van der Waals surface area contributed by atoms with E-state index >= 15 is 0 Å². The molecule has 0 saturated heterocycles. The van der Waals surface area contributed by atoms with Crippen LogP contribution in [-0.4, -0.2) is 12.0 Å². The summed E-state index contributed by atoms with van der Waals surface area (Å²) in [4.78, 5) is 13.1. The van der Waals surface area contributed by atoms with Crippen LogP contribution in [0.5, 0.6) is 11.5 Å². The Morgan fingerprint density at radius 1 is 0.853 bits per heavy atom. The van der Waals surface area contributed by atoms with E-state index in [2.05, 4.69) is 56.4 Å². The molecule has 3 aromatic carbocycles. The minimum Gasteiger partial charge on any atom is -0.456 e. The van der Waals surface area contributed by atoms with Crippen molar-refractivity contribution >= 4 is 11.7 Å². The van der Waals surface area contributed by atoms with Crippen molar-refractivity contribution < 1.29 is 14.3 Å². The number of nitrogens with one attached hydrogen (secondary N) is 1. The van der Waals surface area contributed by atoms with Crippen LogP contribution in [0.2, 0.25) is 0 Å². The molecule has 2 aliphatic heterocycles. The number of benzene rings is 3. The molecular formula is C30H31NO3. The molecule has 1 aliphatic carbocycles. The molecule has 1 unspecified atom stereocenters. The van der Waals surface area contributed by atoms with E-state index in [4.69, 9.17) is 9.47 Å². The van der Waals surface area contributed by atoms with E-state index in [9.17, 15) is 4.79 Å². The van der Waals surface area contributed by atoms with Crippen LogP contribution in [0, 0.1) is 0 Å². The minimum absolute atomic E-state index is 0.0492. The van der Waals surface area contributed by atoms with Gasteiger partial charge in [0, 0.05) is 34.5 Å². The van der Waals surface area contributed by atoms with Gasteiger partial charge < -0.3 is 14.8 Å². The number of anilines is 1. The van der Waals surface area contributed by atoms with Crippen LogP contribution in [0.4, 0.5) is 5.69 Å². The topological polar surface area (TPSA) is 47.6 Å². The normalized spacial score (nSPS) is 21.3. The van der Waals surface area contributed by atoms with E-state index < -0.39 is 5.60 Å². The second kappa shape index (κ2) is 7.63. The predicted molar refractivity (Wildman–Crippen MR) is 134 cm³/mol. The van der Waals surface area contributed by atoms with Gasteiger partial charge in [-0.25, -0.2) is 4.79 Å². The van der Waals surface area contributed by atoms with Gasteiger partial charge in [0.1, 0.15) is 11.5 Å². The zero-order chi connectivity index (χ0) is 23.5. The SMILES string of the molecule is CC(C)(C)c1ccc2c(c1)C1(OC(=O)c3ccccc31)c1ccc(NC3CCCCC3)cc1O2. The maximum Gasteiger partial charge on any atom is 0.340 e. The molecule has 1 spiro atoms. The number of hydrogen-bond donors (Lipinski definition) is 1. The fourth-order valence-electron chi connectivity index (χ4n) is 5.71. The molecule has 0 aromatic heterocycles. The van der Waals surface area contributed by atoms with Gasteiger partial charge in [0.25, 0.3) is 0 Å². The molecule has 1 saturated carbocycles. The Bertz CT molecular complexity index is 1280. The smallest absolute Gasteiger partial charge is 0.340 e. The van der Waals surface area contributed by atoms with Crippen LogP contribution in [0.15, 0.2) is 60.7 Å². The summed E-state index contributed by atoms with van der Waals surface area (Å²) >= 11 is 0. The molecular weight excluding hydrogens is 422 g/mol. The Hall–Kier alpha value is -3.27. The van der Waals surface area contributed by atoms with Crippen molar-refractivity contribution in [3.8, 4) is 11.5 Å². The third kappa shape index (κ3) is 3.23. The van der Waals surface area contributed by atoms with Gasteiger partial charge in [0.15, 0.2) is 5.60 Å². The number of rotatable bonds is 2. The Morgan fingerprint density at radius 2 is 1.65 bits per heavy atom. The molecule has 1 N–H and O–H groups in total. The van der Waals surface area contributed by atoms with E-state index in [1.54, 1.807) is 0 Å². The summed E-state index contributed by atoms with van der Waals surface area (Å²) in [7, 11) is 0. The molecule has 3 aromatic rings.